The molecule has 0 atom stereocenters. The van der Waals surface area contributed by atoms with Crippen LogP contribution in [0.5, 0.6) is 0 Å². The third-order valence-electron chi connectivity index (χ3n) is 5.75. The van der Waals surface area contributed by atoms with E-state index in [1.54, 1.807) is 35.2 Å². The molecule has 34 heavy (non-hydrogen) atoms. The normalized spacial score (nSPS) is 11.5. The van der Waals surface area contributed by atoms with Gasteiger partial charge in [0.1, 0.15) is 5.82 Å². The van der Waals surface area contributed by atoms with Crippen molar-refractivity contribution >= 4 is 15.9 Å². The zero-order valence-electron chi connectivity index (χ0n) is 19.6. The monoisotopic (exact) mass is 486 g/mol. The zero-order valence-corrected chi connectivity index (χ0v) is 20.4. The van der Waals surface area contributed by atoms with E-state index in [2.05, 4.69) is 14.9 Å². The van der Waals surface area contributed by atoms with Crippen molar-refractivity contribution in [2.75, 3.05) is 20.6 Å². The molecule has 0 bridgehead atoms. The van der Waals surface area contributed by atoms with E-state index in [1.807, 2.05) is 19.2 Å². The van der Waals surface area contributed by atoms with Crippen LogP contribution < -0.4 is 4.72 Å². The van der Waals surface area contributed by atoms with Crippen LogP contribution in [0.15, 0.2) is 59.5 Å². The number of nitrogens with zero attached hydrogens (tertiary/aromatic N) is 2. The van der Waals surface area contributed by atoms with E-state index in [1.165, 1.54) is 19.2 Å². The zero-order chi connectivity index (χ0) is 24.6. The highest BCUT2D eigenvalue weighted by Crippen LogP contribution is 2.19. The lowest BCUT2D eigenvalue weighted by Gasteiger charge is -2.17. The minimum absolute atomic E-state index is 0.0697. The number of unbranched alkanes of at least 4 members (excludes halogenated alkanes) is 2. The number of sulfonamides is 1. The lowest BCUT2D eigenvalue weighted by Crippen LogP contribution is -2.27. The number of amides is 1. The largest absolute Gasteiger partial charge is 0.346 e. The first-order valence-electron chi connectivity index (χ1n) is 11.3. The van der Waals surface area contributed by atoms with Crippen LogP contribution in [0.25, 0.3) is 11.3 Å². The van der Waals surface area contributed by atoms with E-state index >= 15 is 0 Å². The van der Waals surface area contributed by atoms with Gasteiger partial charge in [0.15, 0.2) is 0 Å². The number of hydrogen-bond acceptors (Lipinski definition) is 4. The van der Waals surface area contributed by atoms with E-state index in [0.717, 1.165) is 48.2 Å². The number of benzene rings is 2. The lowest BCUT2D eigenvalue weighted by atomic mass is 10.1. The molecular weight excluding hydrogens is 455 g/mol. The molecule has 0 radical (unpaired) electrons. The van der Waals surface area contributed by atoms with Gasteiger partial charge in [-0.2, -0.15) is 5.10 Å². The number of H-pyrrole nitrogens is 1. The van der Waals surface area contributed by atoms with Crippen molar-refractivity contribution in [1.29, 1.82) is 0 Å². The van der Waals surface area contributed by atoms with Crippen molar-refractivity contribution in [3.05, 3.63) is 71.7 Å². The van der Waals surface area contributed by atoms with Crippen molar-refractivity contribution in [3.8, 4) is 11.3 Å². The molecule has 0 aliphatic heterocycles. The van der Waals surface area contributed by atoms with Gasteiger partial charge in [0.25, 0.3) is 0 Å². The van der Waals surface area contributed by atoms with E-state index in [9.17, 15) is 17.6 Å². The molecule has 0 unspecified atom stereocenters. The summed E-state index contributed by atoms with van der Waals surface area (Å²) in [5.41, 5.74) is 3.42. The molecule has 0 aliphatic rings. The van der Waals surface area contributed by atoms with Crippen LogP contribution in [-0.4, -0.2) is 50.1 Å². The number of carbonyl (C=O) groups excluding carboxylic acids is 1. The average Bonchev–Trinajstić information content (AvgIpc) is 3.31. The Morgan fingerprint density at radius 2 is 1.82 bits per heavy atom. The molecule has 1 amide bonds. The van der Waals surface area contributed by atoms with Crippen LogP contribution in [0.3, 0.4) is 0 Å². The molecule has 182 valence electrons. The summed E-state index contributed by atoms with van der Waals surface area (Å²) in [6.07, 6.45) is 4.65. The molecule has 9 heteroatoms. The molecule has 0 fully saturated rings. The molecule has 7 nitrogen and oxygen atoms in total. The molecule has 1 heterocycles. The van der Waals surface area contributed by atoms with Crippen molar-refractivity contribution < 1.29 is 17.6 Å². The first kappa shape index (κ1) is 25.6. The summed E-state index contributed by atoms with van der Waals surface area (Å²) in [6, 6.07) is 14.9. The number of hydrogen-bond donors (Lipinski definition) is 2. The van der Waals surface area contributed by atoms with Gasteiger partial charge in [-0.1, -0.05) is 30.7 Å². The Labute approximate surface area is 200 Å². The molecule has 3 rings (SSSR count). The Balaban J connectivity index is 1.34. The third kappa shape index (κ3) is 7.23. The van der Waals surface area contributed by atoms with Crippen LogP contribution in [0.2, 0.25) is 0 Å². The third-order valence-corrected chi connectivity index (χ3v) is 7.18. The second-order valence-corrected chi connectivity index (χ2v) is 10.2. The Bertz CT molecular complexity index is 1190. The predicted molar refractivity (Wildman–Crippen MR) is 130 cm³/mol. The highest BCUT2D eigenvalue weighted by molar-refractivity contribution is 7.89. The summed E-state index contributed by atoms with van der Waals surface area (Å²) in [7, 11) is -0.264. The van der Waals surface area contributed by atoms with Gasteiger partial charge in [0, 0.05) is 31.3 Å². The molecule has 3 aromatic rings. The molecule has 0 spiro atoms. The summed E-state index contributed by atoms with van der Waals surface area (Å²) >= 11 is 0. The summed E-state index contributed by atoms with van der Waals surface area (Å²) in [5, 5.41) is 7.28. The van der Waals surface area contributed by atoms with Gasteiger partial charge in [0.05, 0.1) is 10.6 Å². The smallest absolute Gasteiger partial charge is 0.240 e. The van der Waals surface area contributed by atoms with Gasteiger partial charge >= 0.3 is 0 Å². The van der Waals surface area contributed by atoms with Crippen LogP contribution >= 0.6 is 0 Å². The number of halogens is 1. The number of aromatic nitrogens is 2. The second-order valence-electron chi connectivity index (χ2n) is 8.27. The minimum Gasteiger partial charge on any atom is -0.346 e. The molecule has 0 saturated carbocycles. The van der Waals surface area contributed by atoms with Crippen molar-refractivity contribution in [3.63, 3.8) is 0 Å². The molecule has 0 aliphatic carbocycles. The SMILES string of the molecule is CNS(=O)(=O)c1ccc(CCC(=O)N(C)CCCCCc2cc(-c3cccc(F)c3)n[nH]2)cc1. The van der Waals surface area contributed by atoms with E-state index in [4.69, 9.17) is 0 Å². The van der Waals surface area contributed by atoms with E-state index < -0.39 is 10.0 Å². The Morgan fingerprint density at radius 1 is 1.06 bits per heavy atom. The number of nitrogens with one attached hydrogen (secondary N) is 2. The summed E-state index contributed by atoms with van der Waals surface area (Å²) in [5.74, 6) is -0.209. The van der Waals surface area contributed by atoms with Gasteiger partial charge < -0.3 is 4.90 Å². The van der Waals surface area contributed by atoms with E-state index in [-0.39, 0.29) is 16.6 Å². The minimum atomic E-state index is -3.45. The molecule has 0 saturated heterocycles. The fraction of sp³-hybridized carbons (Fsp3) is 0.360. The van der Waals surface area contributed by atoms with Gasteiger partial charge in [0.2, 0.25) is 15.9 Å². The molecule has 2 N–H and O–H groups in total. The fourth-order valence-electron chi connectivity index (χ4n) is 3.65. The van der Waals surface area contributed by atoms with Gasteiger partial charge in [-0.15, -0.1) is 0 Å². The van der Waals surface area contributed by atoms with Crippen LogP contribution in [-0.2, 0) is 27.7 Å². The Hall–Kier alpha value is -3.04. The number of aromatic amines is 1. The number of rotatable bonds is 12. The molecular formula is C25H31FN4O3S. The number of carbonyl (C=O) groups is 1. The van der Waals surface area contributed by atoms with Gasteiger partial charge in [-0.25, -0.2) is 17.5 Å². The summed E-state index contributed by atoms with van der Waals surface area (Å²) < 4.78 is 39.2. The van der Waals surface area contributed by atoms with Gasteiger partial charge in [-0.3, -0.25) is 9.89 Å². The maximum absolute atomic E-state index is 13.4. The summed E-state index contributed by atoms with van der Waals surface area (Å²) in [4.78, 5) is 14.4. The highest BCUT2D eigenvalue weighted by atomic mass is 32.2. The Kier molecular flexibility index (Phi) is 8.95. The molecule has 2 aromatic carbocycles. The fourth-order valence-corrected chi connectivity index (χ4v) is 4.38. The van der Waals surface area contributed by atoms with Crippen LogP contribution in [0.1, 0.15) is 36.9 Å². The average molecular weight is 487 g/mol. The van der Waals surface area contributed by atoms with Crippen molar-refractivity contribution in [2.45, 2.75) is 43.4 Å². The lowest BCUT2D eigenvalue weighted by molar-refractivity contribution is -0.129. The molecule has 1 aromatic heterocycles. The van der Waals surface area contributed by atoms with Crippen molar-refractivity contribution in [2.24, 2.45) is 0 Å². The second kappa shape index (κ2) is 11.9. The van der Waals surface area contributed by atoms with Crippen LogP contribution in [0, 0.1) is 5.82 Å². The first-order valence-corrected chi connectivity index (χ1v) is 12.8. The Morgan fingerprint density at radius 3 is 2.53 bits per heavy atom. The maximum atomic E-state index is 13.4. The highest BCUT2D eigenvalue weighted by Gasteiger charge is 2.12. The standard InChI is InChI=1S/C25H31FN4O3S/c1-27-34(32,33)23-13-10-19(11-14-23)12-15-25(31)30(2)16-5-3-4-9-22-18-24(29-28-22)20-7-6-8-21(26)17-20/h6-8,10-11,13-14,17-18,27H,3-5,9,12,15-16H2,1-2H3,(H,28,29). The topological polar surface area (TPSA) is 95.2 Å². The van der Waals surface area contributed by atoms with Crippen LogP contribution in [0.4, 0.5) is 4.39 Å². The maximum Gasteiger partial charge on any atom is 0.240 e. The van der Waals surface area contributed by atoms with Gasteiger partial charge in [-0.05, 0) is 68.6 Å². The predicted octanol–water partition coefficient (Wildman–Crippen LogP) is 3.93. The number of aryl methyl sites for hydroxylation is 2. The van der Waals surface area contributed by atoms with Crippen molar-refractivity contribution in [1.82, 2.24) is 19.8 Å². The van der Waals surface area contributed by atoms with E-state index in [0.29, 0.717) is 19.4 Å². The summed E-state index contributed by atoms with van der Waals surface area (Å²) in [6.45, 7) is 0.690. The first-order chi connectivity index (χ1) is 16.3. The quantitative estimate of drug-likeness (QED) is 0.379.